The number of aliphatic hydroxyl groups excluding tert-OH is 1. The van der Waals surface area contributed by atoms with Gasteiger partial charge in [-0.25, -0.2) is 0 Å². The molecular formula is C20H30O5. The fourth-order valence-electron chi connectivity index (χ4n) is 3.11. The molecule has 0 aromatic heterocycles. The highest BCUT2D eigenvalue weighted by Crippen LogP contribution is 2.33. The van der Waals surface area contributed by atoms with E-state index in [1.165, 1.54) is 6.08 Å². The highest BCUT2D eigenvalue weighted by Gasteiger charge is 2.39. The summed E-state index contributed by atoms with van der Waals surface area (Å²) in [5.74, 6) is -1.35. The fraction of sp³-hybridized carbons (Fsp3) is 0.650. The molecule has 0 bridgehead atoms. The van der Waals surface area contributed by atoms with E-state index < -0.39 is 12.1 Å². The van der Waals surface area contributed by atoms with Crippen LogP contribution in [0, 0.1) is 11.8 Å². The Labute approximate surface area is 149 Å². The summed E-state index contributed by atoms with van der Waals surface area (Å²) in [6.45, 7) is 2.08. The average Bonchev–Trinajstić information content (AvgIpc) is 2.82. The third-order valence-corrected chi connectivity index (χ3v) is 4.58. The number of unbranched alkanes of at least 4 members (excludes halogenated alkanes) is 3. The molecule has 3 atom stereocenters. The van der Waals surface area contributed by atoms with Crippen molar-refractivity contribution in [3.8, 4) is 0 Å². The molecule has 25 heavy (non-hydrogen) atoms. The van der Waals surface area contributed by atoms with Crippen LogP contribution in [0.15, 0.2) is 24.3 Å². The van der Waals surface area contributed by atoms with Crippen molar-refractivity contribution in [2.45, 2.75) is 70.8 Å². The first-order valence-corrected chi connectivity index (χ1v) is 9.24. The zero-order valence-electron chi connectivity index (χ0n) is 15.0. The number of hydrogen-bond acceptors (Lipinski definition) is 4. The van der Waals surface area contributed by atoms with Gasteiger partial charge in [-0.15, -0.1) is 0 Å². The second-order valence-corrected chi connectivity index (χ2v) is 6.70. The molecule has 0 aromatic carbocycles. The van der Waals surface area contributed by atoms with Gasteiger partial charge in [0.15, 0.2) is 5.78 Å². The number of aliphatic carboxylic acids is 1. The topological polar surface area (TPSA) is 91.7 Å². The van der Waals surface area contributed by atoms with E-state index >= 15 is 0 Å². The largest absolute Gasteiger partial charge is 0.481 e. The number of allylic oxidation sites excluding steroid dienone is 3. The molecule has 140 valence electrons. The van der Waals surface area contributed by atoms with E-state index in [-0.39, 0.29) is 36.2 Å². The lowest BCUT2D eigenvalue weighted by Gasteiger charge is -2.15. The van der Waals surface area contributed by atoms with Crippen LogP contribution in [-0.4, -0.2) is 33.9 Å². The molecule has 0 saturated heterocycles. The molecule has 1 fully saturated rings. The summed E-state index contributed by atoms with van der Waals surface area (Å²) in [7, 11) is 0. The lowest BCUT2D eigenvalue weighted by Crippen LogP contribution is -2.18. The Balaban J connectivity index is 2.49. The number of carbonyl (C=O) groups is 3. The standard InChI is InChI=1S/C20H30O5/c1-2-3-6-9-15(21)12-13-17-16(18(22)14-19(17)23)10-7-4-5-8-11-20(24)25/h4,7,12-13,16-17,19,23H,2-3,5-6,8-11,14H2,1H3,(H,24,25)/b7-4-,13-12-/t16-,17-,19+/m1/s1. The third-order valence-electron chi connectivity index (χ3n) is 4.58. The van der Waals surface area contributed by atoms with Crippen molar-refractivity contribution < 1.29 is 24.6 Å². The fourth-order valence-corrected chi connectivity index (χ4v) is 3.11. The van der Waals surface area contributed by atoms with E-state index in [1.807, 2.05) is 12.2 Å². The molecule has 5 nitrogen and oxygen atoms in total. The van der Waals surface area contributed by atoms with Gasteiger partial charge in [0.25, 0.3) is 0 Å². The number of carbonyl (C=O) groups excluding carboxylic acids is 2. The van der Waals surface area contributed by atoms with Crippen molar-refractivity contribution in [2.24, 2.45) is 11.8 Å². The van der Waals surface area contributed by atoms with E-state index in [4.69, 9.17) is 5.11 Å². The van der Waals surface area contributed by atoms with Gasteiger partial charge in [0.2, 0.25) is 0 Å². The van der Waals surface area contributed by atoms with Gasteiger partial charge >= 0.3 is 5.97 Å². The number of rotatable bonds is 12. The first kappa shape index (κ1) is 21.3. The van der Waals surface area contributed by atoms with Crippen LogP contribution in [0.4, 0.5) is 0 Å². The van der Waals surface area contributed by atoms with Crippen LogP contribution < -0.4 is 0 Å². The molecule has 0 aromatic rings. The number of hydrogen-bond donors (Lipinski definition) is 2. The molecule has 0 spiro atoms. The quantitative estimate of drug-likeness (QED) is 0.319. The monoisotopic (exact) mass is 350 g/mol. The molecule has 0 radical (unpaired) electrons. The van der Waals surface area contributed by atoms with Crippen LogP contribution in [0.1, 0.15) is 64.7 Å². The Bertz CT molecular complexity index is 506. The summed E-state index contributed by atoms with van der Waals surface area (Å²) >= 11 is 0. The highest BCUT2D eigenvalue weighted by atomic mass is 16.4. The second kappa shape index (κ2) is 11.7. The Morgan fingerprint density at radius 3 is 2.60 bits per heavy atom. The van der Waals surface area contributed by atoms with Crippen molar-refractivity contribution in [1.82, 2.24) is 0 Å². The van der Waals surface area contributed by atoms with E-state index in [9.17, 15) is 19.5 Å². The van der Waals surface area contributed by atoms with Gasteiger partial charge in [-0.2, -0.15) is 0 Å². The molecule has 1 saturated carbocycles. The minimum absolute atomic E-state index is 0.0239. The third kappa shape index (κ3) is 8.25. The summed E-state index contributed by atoms with van der Waals surface area (Å²) in [6, 6.07) is 0. The first-order chi connectivity index (χ1) is 12.0. The lowest BCUT2D eigenvalue weighted by atomic mass is 9.90. The lowest BCUT2D eigenvalue weighted by molar-refractivity contribution is -0.137. The molecule has 2 N–H and O–H groups in total. The van der Waals surface area contributed by atoms with E-state index in [2.05, 4.69) is 6.92 Å². The number of Topliss-reactive ketones (excluding diaryl/α,β-unsaturated/α-hetero) is 1. The van der Waals surface area contributed by atoms with Crippen LogP contribution in [0.25, 0.3) is 0 Å². The average molecular weight is 350 g/mol. The second-order valence-electron chi connectivity index (χ2n) is 6.70. The van der Waals surface area contributed by atoms with E-state index in [1.54, 1.807) is 6.08 Å². The van der Waals surface area contributed by atoms with Gasteiger partial charge < -0.3 is 10.2 Å². The molecule has 0 amide bonds. The Kier molecular flexibility index (Phi) is 10.0. The van der Waals surface area contributed by atoms with E-state index in [0.717, 1.165) is 19.3 Å². The first-order valence-electron chi connectivity index (χ1n) is 9.24. The summed E-state index contributed by atoms with van der Waals surface area (Å²) < 4.78 is 0. The maximum absolute atomic E-state index is 12.1. The molecule has 1 aliphatic rings. The van der Waals surface area contributed by atoms with Crippen LogP contribution in [0.5, 0.6) is 0 Å². The van der Waals surface area contributed by atoms with Gasteiger partial charge in [0, 0.05) is 31.1 Å². The summed E-state index contributed by atoms with van der Waals surface area (Å²) in [4.78, 5) is 34.4. The minimum Gasteiger partial charge on any atom is -0.481 e. The SMILES string of the molecule is CCCCCC(=O)/C=C\[C@H]1[C@@H](O)CC(=O)[C@@H]1C/C=C\CCCC(=O)O. The van der Waals surface area contributed by atoms with Gasteiger partial charge in [0.1, 0.15) is 5.78 Å². The Morgan fingerprint density at radius 2 is 1.92 bits per heavy atom. The van der Waals surface area contributed by atoms with Gasteiger partial charge in [-0.05, 0) is 31.8 Å². The van der Waals surface area contributed by atoms with Crippen molar-refractivity contribution in [3.63, 3.8) is 0 Å². The number of aliphatic hydroxyl groups is 1. The van der Waals surface area contributed by atoms with Crippen LogP contribution in [0.3, 0.4) is 0 Å². The van der Waals surface area contributed by atoms with E-state index in [0.29, 0.717) is 25.7 Å². The predicted octanol–water partition coefficient (Wildman–Crippen LogP) is 3.46. The van der Waals surface area contributed by atoms with Crippen molar-refractivity contribution >= 4 is 17.5 Å². The van der Waals surface area contributed by atoms with Gasteiger partial charge in [-0.1, -0.05) is 38.0 Å². The summed E-state index contributed by atoms with van der Waals surface area (Å²) in [5, 5.41) is 18.7. The number of carboxylic acids is 1. The zero-order valence-corrected chi connectivity index (χ0v) is 15.0. The molecule has 1 aliphatic carbocycles. The minimum atomic E-state index is -0.809. The smallest absolute Gasteiger partial charge is 0.303 e. The zero-order chi connectivity index (χ0) is 18.7. The molecule has 1 rings (SSSR count). The highest BCUT2D eigenvalue weighted by molar-refractivity contribution is 5.90. The normalized spacial score (nSPS) is 23.8. The van der Waals surface area contributed by atoms with Crippen LogP contribution >= 0.6 is 0 Å². The Morgan fingerprint density at radius 1 is 1.16 bits per heavy atom. The number of ketones is 2. The molecule has 5 heteroatoms. The molecular weight excluding hydrogens is 320 g/mol. The number of carboxylic acid groups (broad SMARTS) is 1. The molecule has 0 aliphatic heterocycles. The van der Waals surface area contributed by atoms with Crippen molar-refractivity contribution in [2.75, 3.05) is 0 Å². The summed E-state index contributed by atoms with van der Waals surface area (Å²) in [6.07, 6.45) is 11.8. The van der Waals surface area contributed by atoms with Crippen LogP contribution in [-0.2, 0) is 14.4 Å². The van der Waals surface area contributed by atoms with Crippen molar-refractivity contribution in [1.29, 1.82) is 0 Å². The molecule has 0 unspecified atom stereocenters. The summed E-state index contributed by atoms with van der Waals surface area (Å²) in [5.41, 5.74) is 0. The van der Waals surface area contributed by atoms with Gasteiger partial charge in [-0.3, -0.25) is 14.4 Å². The maximum atomic E-state index is 12.1. The predicted molar refractivity (Wildman–Crippen MR) is 96.1 cm³/mol. The van der Waals surface area contributed by atoms with Crippen molar-refractivity contribution in [3.05, 3.63) is 24.3 Å². The van der Waals surface area contributed by atoms with Crippen LogP contribution in [0.2, 0.25) is 0 Å². The van der Waals surface area contributed by atoms with Gasteiger partial charge in [0.05, 0.1) is 6.10 Å². The molecule has 0 heterocycles. The maximum Gasteiger partial charge on any atom is 0.303 e. The Hall–Kier alpha value is -1.75.